The fraction of sp³-hybridized carbons (Fsp3) is 0.0870. The Hall–Kier alpha value is -4.00. The predicted molar refractivity (Wildman–Crippen MR) is 110 cm³/mol. The van der Waals surface area contributed by atoms with E-state index in [1.165, 1.54) is 23.3 Å². The number of aliphatic hydroxyl groups excluding tert-OH is 1. The van der Waals surface area contributed by atoms with Crippen LogP contribution < -0.4 is 4.74 Å². The van der Waals surface area contributed by atoms with Crippen LogP contribution in [-0.4, -0.2) is 31.9 Å². The van der Waals surface area contributed by atoms with Crippen LogP contribution in [0.1, 0.15) is 11.1 Å². The highest BCUT2D eigenvalue weighted by Gasteiger charge is 2.21. The molecule has 0 aliphatic carbocycles. The highest BCUT2D eigenvalue weighted by molar-refractivity contribution is 5.78. The first-order valence-electron chi connectivity index (χ1n) is 9.44. The van der Waals surface area contributed by atoms with E-state index in [1.54, 1.807) is 18.2 Å². The third-order valence-electron chi connectivity index (χ3n) is 5.07. The molecule has 30 heavy (non-hydrogen) atoms. The smallest absolute Gasteiger partial charge is 0.162 e. The molecule has 1 aliphatic heterocycles. The molecule has 1 aromatic heterocycles. The number of hydrogen-bond donors (Lipinski definition) is 1. The van der Waals surface area contributed by atoms with Crippen molar-refractivity contribution in [3.8, 4) is 22.6 Å². The molecule has 0 saturated heterocycles. The Balaban J connectivity index is 1.53. The molecule has 0 fully saturated rings. The van der Waals surface area contributed by atoms with Crippen LogP contribution in [0.5, 0.6) is 5.75 Å². The molecule has 7 heteroatoms. The number of benzene rings is 3. The van der Waals surface area contributed by atoms with E-state index in [9.17, 15) is 9.50 Å². The first-order chi connectivity index (χ1) is 14.7. The van der Waals surface area contributed by atoms with Crippen molar-refractivity contribution in [1.29, 1.82) is 0 Å². The summed E-state index contributed by atoms with van der Waals surface area (Å²) >= 11 is 0. The Morgan fingerprint density at radius 3 is 2.67 bits per heavy atom. The average Bonchev–Trinajstić information content (AvgIpc) is 3.31. The molecule has 0 bridgehead atoms. The predicted octanol–water partition coefficient (Wildman–Crippen LogP) is 4.37. The van der Waals surface area contributed by atoms with Gasteiger partial charge in [-0.3, -0.25) is 0 Å². The fourth-order valence-electron chi connectivity index (χ4n) is 3.60. The second kappa shape index (κ2) is 7.44. The highest BCUT2D eigenvalue weighted by atomic mass is 19.1. The Morgan fingerprint density at radius 1 is 1.00 bits per heavy atom. The van der Waals surface area contributed by atoms with Crippen molar-refractivity contribution < 1.29 is 14.2 Å². The lowest BCUT2D eigenvalue weighted by Crippen LogP contribution is -2.13. The second-order valence-corrected chi connectivity index (χ2v) is 7.00. The van der Waals surface area contributed by atoms with Crippen LogP contribution in [-0.2, 0) is 6.42 Å². The molecule has 6 nitrogen and oxygen atoms in total. The molecular formula is C23H17FN4O2. The van der Waals surface area contributed by atoms with E-state index >= 15 is 0 Å². The molecule has 0 atom stereocenters. The summed E-state index contributed by atoms with van der Waals surface area (Å²) in [6.45, 7) is 0.290. The standard InChI is InChI=1S/C23H17FN4O2/c24-18-7-9-21(28-26-14-25-27-28)20(12-18)16-6-8-19-22(11-16)30-13-17(23(19)29)10-15-4-2-1-3-5-15/h1-9,11-12,14,29H,10,13H2. The molecule has 148 valence electrons. The zero-order valence-corrected chi connectivity index (χ0v) is 15.9. The first-order valence-corrected chi connectivity index (χ1v) is 9.44. The minimum atomic E-state index is -0.375. The quantitative estimate of drug-likeness (QED) is 0.551. The molecule has 2 heterocycles. The third kappa shape index (κ3) is 3.30. The maximum absolute atomic E-state index is 14.0. The summed E-state index contributed by atoms with van der Waals surface area (Å²) in [7, 11) is 0. The zero-order valence-electron chi connectivity index (χ0n) is 15.9. The molecule has 1 aliphatic rings. The lowest BCUT2D eigenvalue weighted by atomic mass is 9.96. The van der Waals surface area contributed by atoms with Gasteiger partial charge in [0.25, 0.3) is 0 Å². The number of aromatic nitrogens is 4. The van der Waals surface area contributed by atoms with Crippen LogP contribution >= 0.6 is 0 Å². The zero-order chi connectivity index (χ0) is 20.5. The van der Waals surface area contributed by atoms with Crippen LogP contribution in [0.15, 0.2) is 78.6 Å². The number of rotatable bonds is 4. The summed E-state index contributed by atoms with van der Waals surface area (Å²) in [6.07, 6.45) is 1.93. The van der Waals surface area contributed by atoms with Gasteiger partial charge in [-0.05, 0) is 46.7 Å². The minimum absolute atomic E-state index is 0.226. The monoisotopic (exact) mass is 400 g/mol. The van der Waals surface area contributed by atoms with Crippen LogP contribution in [0.3, 0.4) is 0 Å². The molecule has 5 rings (SSSR count). The lowest BCUT2D eigenvalue weighted by Gasteiger charge is -2.22. The van der Waals surface area contributed by atoms with Gasteiger partial charge in [0.15, 0.2) is 6.33 Å². The summed E-state index contributed by atoms with van der Waals surface area (Å²) < 4.78 is 19.9. The fourth-order valence-corrected chi connectivity index (χ4v) is 3.60. The molecule has 0 saturated carbocycles. The molecule has 0 spiro atoms. The van der Waals surface area contributed by atoms with E-state index in [0.29, 0.717) is 29.0 Å². The van der Waals surface area contributed by atoms with E-state index in [2.05, 4.69) is 15.4 Å². The number of halogens is 1. The van der Waals surface area contributed by atoms with Gasteiger partial charge in [-0.2, -0.15) is 0 Å². The Bertz CT molecular complexity index is 1240. The minimum Gasteiger partial charge on any atom is -0.507 e. The SMILES string of the molecule is OC1=C(Cc2ccccc2)COc2cc(-c3cc(F)ccc3-n3ncnn3)ccc21. The number of hydrogen-bond acceptors (Lipinski definition) is 5. The summed E-state index contributed by atoms with van der Waals surface area (Å²) in [5.74, 6) is 0.396. The summed E-state index contributed by atoms with van der Waals surface area (Å²) in [4.78, 5) is 1.34. The molecule has 0 unspecified atom stereocenters. The van der Waals surface area contributed by atoms with Gasteiger partial charge in [0.1, 0.15) is 23.9 Å². The van der Waals surface area contributed by atoms with Crippen molar-refractivity contribution >= 4 is 5.76 Å². The van der Waals surface area contributed by atoms with Crippen LogP contribution in [0.25, 0.3) is 22.6 Å². The van der Waals surface area contributed by atoms with Crippen LogP contribution in [0, 0.1) is 5.82 Å². The lowest BCUT2D eigenvalue weighted by molar-refractivity contribution is 0.330. The number of fused-ring (bicyclic) bond motifs is 1. The number of ether oxygens (including phenoxy) is 1. The number of nitrogens with zero attached hydrogens (tertiary/aromatic N) is 4. The highest BCUT2D eigenvalue weighted by Crippen LogP contribution is 2.37. The van der Waals surface area contributed by atoms with E-state index in [-0.39, 0.29) is 18.2 Å². The van der Waals surface area contributed by atoms with Crippen molar-refractivity contribution in [2.24, 2.45) is 0 Å². The molecular weight excluding hydrogens is 383 g/mol. The second-order valence-electron chi connectivity index (χ2n) is 7.00. The van der Waals surface area contributed by atoms with Gasteiger partial charge >= 0.3 is 0 Å². The molecule has 4 aromatic rings. The van der Waals surface area contributed by atoms with Crippen LogP contribution in [0.2, 0.25) is 0 Å². The van der Waals surface area contributed by atoms with Crippen molar-refractivity contribution in [1.82, 2.24) is 20.2 Å². The van der Waals surface area contributed by atoms with Gasteiger partial charge in [0, 0.05) is 17.6 Å². The molecule has 1 N–H and O–H groups in total. The number of aliphatic hydroxyl groups is 1. The van der Waals surface area contributed by atoms with Gasteiger partial charge in [-0.15, -0.1) is 15.0 Å². The van der Waals surface area contributed by atoms with E-state index in [1.807, 2.05) is 36.4 Å². The van der Waals surface area contributed by atoms with Gasteiger partial charge in [-0.1, -0.05) is 36.4 Å². The summed E-state index contributed by atoms with van der Waals surface area (Å²) in [5, 5.41) is 22.5. The Kier molecular flexibility index (Phi) is 4.48. The van der Waals surface area contributed by atoms with Crippen LogP contribution in [0.4, 0.5) is 4.39 Å². The van der Waals surface area contributed by atoms with E-state index in [4.69, 9.17) is 4.74 Å². The van der Waals surface area contributed by atoms with Crippen molar-refractivity contribution in [2.45, 2.75) is 6.42 Å². The van der Waals surface area contributed by atoms with Crippen molar-refractivity contribution in [3.63, 3.8) is 0 Å². The topological polar surface area (TPSA) is 73.1 Å². The molecule has 0 radical (unpaired) electrons. The van der Waals surface area contributed by atoms with Gasteiger partial charge in [0.2, 0.25) is 0 Å². The molecule has 3 aromatic carbocycles. The molecule has 0 amide bonds. The summed E-state index contributed by atoms with van der Waals surface area (Å²) in [5.41, 5.74) is 4.45. The Morgan fingerprint density at radius 2 is 1.87 bits per heavy atom. The average molecular weight is 400 g/mol. The normalized spacial score (nSPS) is 13.1. The van der Waals surface area contributed by atoms with Crippen molar-refractivity contribution in [3.05, 3.63) is 95.6 Å². The van der Waals surface area contributed by atoms with E-state index in [0.717, 1.165) is 16.7 Å². The van der Waals surface area contributed by atoms with E-state index < -0.39 is 0 Å². The maximum Gasteiger partial charge on any atom is 0.162 e. The third-order valence-corrected chi connectivity index (χ3v) is 5.07. The van der Waals surface area contributed by atoms with Crippen molar-refractivity contribution in [2.75, 3.05) is 6.61 Å². The van der Waals surface area contributed by atoms with Gasteiger partial charge in [0.05, 0.1) is 11.3 Å². The maximum atomic E-state index is 14.0. The first kappa shape index (κ1) is 18.1. The largest absolute Gasteiger partial charge is 0.507 e. The number of tetrazole rings is 1. The Labute approximate surface area is 171 Å². The van der Waals surface area contributed by atoms with Gasteiger partial charge in [-0.25, -0.2) is 4.39 Å². The summed E-state index contributed by atoms with van der Waals surface area (Å²) in [6, 6.07) is 19.7. The van der Waals surface area contributed by atoms with Gasteiger partial charge < -0.3 is 9.84 Å².